The van der Waals surface area contributed by atoms with Gasteiger partial charge in [-0.15, -0.1) is 0 Å². The molecule has 4 aromatic rings. The van der Waals surface area contributed by atoms with Crippen molar-refractivity contribution in [3.8, 4) is 22.3 Å². The van der Waals surface area contributed by atoms with Gasteiger partial charge in [-0.2, -0.15) is 0 Å². The number of allylic oxidation sites excluding steroid dienone is 2. The summed E-state index contributed by atoms with van der Waals surface area (Å²) in [6.07, 6.45) is 13.0. The first-order valence-electron chi connectivity index (χ1n) is 19.0. The molecule has 4 aromatic carbocycles. The van der Waals surface area contributed by atoms with Gasteiger partial charge in [0.05, 0.1) is 0 Å². The van der Waals surface area contributed by atoms with E-state index in [1.54, 1.807) is 33.4 Å². The topological polar surface area (TPSA) is 0 Å². The third kappa shape index (κ3) is 6.78. The Balaban J connectivity index is 1.53. The fraction of sp³-hybridized carbons (Fsp3) is 0.391. The number of rotatable bonds is 13. The fourth-order valence-corrected chi connectivity index (χ4v) is 41.2. The number of hydrogen-bond acceptors (Lipinski definition) is 0. The van der Waals surface area contributed by atoms with Crippen LogP contribution in [-0.4, -0.2) is 5.98 Å². The Bertz CT molecular complexity index is 1680. The molecule has 0 saturated carbocycles. The average molecular weight is 817 g/mol. The first-order valence-corrected chi connectivity index (χ1v) is 32.2. The molecule has 6 rings (SSSR count). The van der Waals surface area contributed by atoms with Gasteiger partial charge in [0.2, 0.25) is 0 Å². The first-order chi connectivity index (χ1) is 23.3. The molecule has 0 N–H and O–H groups in total. The SMILES string of the molecule is CCCCC1=Cc2c(-c3ccccc3C(C)C)cccc2[CH]1[Hf]([CH]1C(CCCC)=Cc2c(-c3ccccc3C(C)C)cccc21)[SiH](C)C. The molecule has 0 radical (unpaired) electrons. The van der Waals surface area contributed by atoms with Gasteiger partial charge < -0.3 is 0 Å². The van der Waals surface area contributed by atoms with Crippen molar-refractivity contribution in [2.75, 3.05) is 0 Å². The predicted molar refractivity (Wildman–Crippen MR) is 211 cm³/mol. The van der Waals surface area contributed by atoms with Crippen molar-refractivity contribution in [1.29, 1.82) is 0 Å². The number of unbranched alkanes of at least 4 members (excludes halogenated alkanes) is 2. The zero-order chi connectivity index (χ0) is 33.9. The van der Waals surface area contributed by atoms with E-state index < -0.39 is 26.6 Å². The molecule has 249 valence electrons. The van der Waals surface area contributed by atoms with Crippen molar-refractivity contribution in [3.63, 3.8) is 0 Å². The van der Waals surface area contributed by atoms with Gasteiger partial charge in [-0.1, -0.05) is 0 Å². The van der Waals surface area contributed by atoms with Crippen LogP contribution in [0.25, 0.3) is 34.4 Å². The first kappa shape index (κ1) is 35.3. The molecule has 0 fully saturated rings. The second-order valence-corrected chi connectivity index (χ2v) is 43.2. The van der Waals surface area contributed by atoms with Crippen LogP contribution in [0.15, 0.2) is 96.1 Å². The molecular weight excluding hydrogens is 759 g/mol. The van der Waals surface area contributed by atoms with Crippen LogP contribution in [-0.2, 0) is 20.6 Å². The van der Waals surface area contributed by atoms with Gasteiger partial charge in [0, 0.05) is 0 Å². The Kier molecular flexibility index (Phi) is 11.4. The summed E-state index contributed by atoms with van der Waals surface area (Å²) in [4.78, 5) is 0. The van der Waals surface area contributed by atoms with Crippen LogP contribution >= 0.6 is 0 Å². The fourth-order valence-electron chi connectivity index (χ4n) is 8.71. The van der Waals surface area contributed by atoms with Crippen molar-refractivity contribution in [2.24, 2.45) is 0 Å². The van der Waals surface area contributed by atoms with Gasteiger partial charge in [0.1, 0.15) is 0 Å². The van der Waals surface area contributed by atoms with Crippen LogP contribution in [0.3, 0.4) is 0 Å². The van der Waals surface area contributed by atoms with E-state index in [0.717, 1.165) is 0 Å². The van der Waals surface area contributed by atoms with Gasteiger partial charge >= 0.3 is 303 Å². The second kappa shape index (κ2) is 15.6. The van der Waals surface area contributed by atoms with Gasteiger partial charge in [-0.25, -0.2) is 0 Å². The third-order valence-electron chi connectivity index (χ3n) is 11.0. The molecule has 48 heavy (non-hydrogen) atoms. The molecular formula is C46H57HfSi. The van der Waals surface area contributed by atoms with Crippen LogP contribution in [0, 0.1) is 0 Å². The van der Waals surface area contributed by atoms with E-state index in [1.807, 2.05) is 0 Å². The van der Waals surface area contributed by atoms with Crippen molar-refractivity contribution >= 4 is 18.1 Å². The van der Waals surface area contributed by atoms with Crippen LogP contribution in [0.5, 0.6) is 0 Å². The molecule has 0 spiro atoms. The summed E-state index contributed by atoms with van der Waals surface area (Å²) >= 11 is -2.45. The van der Waals surface area contributed by atoms with Crippen molar-refractivity contribution in [1.82, 2.24) is 0 Å². The molecule has 2 aliphatic carbocycles. The monoisotopic (exact) mass is 817 g/mol. The Labute approximate surface area is 300 Å². The van der Waals surface area contributed by atoms with E-state index in [1.165, 1.54) is 71.9 Å². The minimum absolute atomic E-state index is 0.504. The molecule has 0 bridgehead atoms. The minimum atomic E-state index is -2.45. The molecule has 2 unspecified atom stereocenters. The van der Waals surface area contributed by atoms with E-state index >= 15 is 0 Å². The molecule has 0 amide bonds. The predicted octanol–water partition coefficient (Wildman–Crippen LogP) is 13.8. The molecule has 2 heteroatoms. The van der Waals surface area contributed by atoms with E-state index in [0.29, 0.717) is 19.2 Å². The van der Waals surface area contributed by atoms with Gasteiger partial charge in [0.15, 0.2) is 0 Å². The quantitative estimate of drug-likeness (QED) is 0.118. The Hall–Kier alpha value is -2.55. The number of fused-ring (bicyclic) bond motifs is 2. The van der Waals surface area contributed by atoms with Crippen molar-refractivity contribution < 1.29 is 20.6 Å². The van der Waals surface area contributed by atoms with Crippen LogP contribution in [0.1, 0.15) is 133 Å². The molecule has 2 aliphatic rings. The zero-order valence-electron chi connectivity index (χ0n) is 30.9. The molecule has 2 atom stereocenters. The van der Waals surface area contributed by atoms with E-state index in [-0.39, 0.29) is 0 Å². The van der Waals surface area contributed by atoms with E-state index in [9.17, 15) is 0 Å². The molecule has 0 saturated heterocycles. The number of hydrogen-bond donors (Lipinski definition) is 0. The zero-order valence-corrected chi connectivity index (χ0v) is 35.6. The standard InChI is InChI=1S/2C22H25.C2H7Si.Hf/c2*1-4-5-9-17-14-18-10-8-13-21(22(18)15-17)20-12-7-6-11-19(20)16(2)3;1-3-2;/h2*6-8,10-16H,4-5,9H2,1-3H3;3H,1-2H3;. The van der Waals surface area contributed by atoms with Gasteiger partial charge in [-0.05, 0) is 0 Å². The van der Waals surface area contributed by atoms with Gasteiger partial charge in [0.25, 0.3) is 0 Å². The normalized spacial score (nSPS) is 16.8. The molecule has 0 aliphatic heterocycles. The summed E-state index contributed by atoms with van der Waals surface area (Å²) in [5.74, 6) is 0.0539. The summed E-state index contributed by atoms with van der Waals surface area (Å²) in [6, 6.07) is 33.1. The van der Waals surface area contributed by atoms with Crippen molar-refractivity contribution in [3.05, 3.63) is 129 Å². The average Bonchev–Trinajstić information content (AvgIpc) is 3.64. The summed E-state index contributed by atoms with van der Waals surface area (Å²) in [6.45, 7) is 19.6. The Morgan fingerprint density at radius 3 is 1.31 bits per heavy atom. The maximum atomic E-state index is 2.74. The Morgan fingerprint density at radius 2 is 0.938 bits per heavy atom. The van der Waals surface area contributed by atoms with Crippen LogP contribution in [0.4, 0.5) is 0 Å². The van der Waals surface area contributed by atoms with Gasteiger partial charge in [-0.3, -0.25) is 0 Å². The molecule has 0 nitrogen and oxygen atoms in total. The van der Waals surface area contributed by atoms with Crippen LogP contribution < -0.4 is 0 Å². The molecule has 0 aromatic heterocycles. The Morgan fingerprint density at radius 1 is 0.542 bits per heavy atom. The van der Waals surface area contributed by atoms with Crippen molar-refractivity contribution in [2.45, 2.75) is 112 Å². The summed E-state index contributed by atoms with van der Waals surface area (Å²) in [5, 5.41) is 0. The van der Waals surface area contributed by atoms with Crippen LogP contribution in [0.2, 0.25) is 13.1 Å². The number of benzene rings is 4. The molecule has 0 heterocycles. The summed E-state index contributed by atoms with van der Waals surface area (Å²) in [7, 11) is 0. The summed E-state index contributed by atoms with van der Waals surface area (Å²) < 4.78 is 1.39. The van der Waals surface area contributed by atoms with E-state index in [2.05, 4.69) is 152 Å². The second-order valence-electron chi connectivity index (χ2n) is 15.3. The maximum absolute atomic E-state index is 2.74. The van der Waals surface area contributed by atoms with E-state index in [4.69, 9.17) is 0 Å². The summed E-state index contributed by atoms with van der Waals surface area (Å²) in [5.41, 5.74) is 18.8. The third-order valence-corrected chi connectivity index (χ3v) is 41.9.